The molecule has 4 aliphatic rings. The summed E-state index contributed by atoms with van der Waals surface area (Å²) in [6, 6.07) is 0. The van der Waals surface area contributed by atoms with Gasteiger partial charge >= 0.3 is 25.3 Å². The van der Waals surface area contributed by atoms with E-state index in [1.54, 1.807) is 0 Å². The number of hydrogen-bond donors (Lipinski definition) is 6. The quantitative estimate of drug-likeness (QED) is 0.0628. The topological polar surface area (TPSA) is 108 Å². The average Bonchev–Trinajstić information content (AvgIpc) is 3.00. The molecule has 4 fully saturated rings. The fraction of sp³-hybridized carbons (Fsp3) is 0.800. The monoisotopic (exact) mass is 832 g/mol. The number of nitrogens with one attached hydrogen (secondary N) is 4. The molecule has 0 atom stereocenters. The first kappa shape index (κ1) is 39.8. The van der Waals surface area contributed by atoms with E-state index in [2.05, 4.69) is 66.6 Å². The molecular formula is C20H38MoN12O2S8. The van der Waals surface area contributed by atoms with Gasteiger partial charge in [0.1, 0.15) is 0 Å². The molecule has 0 aromatic carbocycles. The average molecular weight is 831 g/mol. The molecule has 0 aromatic rings. The number of thiol groups is 2. The maximum atomic E-state index is 8.50. The summed E-state index contributed by atoms with van der Waals surface area (Å²) in [4.78, 5) is 0. The summed E-state index contributed by atoms with van der Waals surface area (Å²) < 4.78 is 18.6. The van der Waals surface area contributed by atoms with Crippen LogP contribution in [0.4, 0.5) is 0 Å². The summed E-state index contributed by atoms with van der Waals surface area (Å²) in [5.74, 6) is 0. The van der Waals surface area contributed by atoms with Crippen LogP contribution < -0.4 is 21.3 Å². The van der Waals surface area contributed by atoms with Crippen molar-refractivity contribution in [3.8, 4) is 0 Å². The van der Waals surface area contributed by atoms with Gasteiger partial charge in [-0.2, -0.15) is 30.3 Å². The third kappa shape index (κ3) is 13.4. The third-order valence-corrected chi connectivity index (χ3v) is 7.81. The van der Waals surface area contributed by atoms with E-state index in [4.69, 9.17) is 80.9 Å². The van der Waals surface area contributed by atoms with Gasteiger partial charge in [0.15, 0.2) is 8.64 Å². The van der Waals surface area contributed by atoms with Gasteiger partial charge in [-0.1, -0.05) is 0 Å². The van der Waals surface area contributed by atoms with Crippen LogP contribution in [-0.2, 0) is 50.5 Å². The number of rotatable bonds is 4. The Balaban J connectivity index is 0.000000275. The predicted molar refractivity (Wildman–Crippen MR) is 190 cm³/mol. The fourth-order valence-electron chi connectivity index (χ4n) is 4.64. The van der Waals surface area contributed by atoms with Crippen LogP contribution in [0.5, 0.6) is 0 Å². The van der Waals surface area contributed by atoms with Crippen molar-refractivity contribution in [2.75, 3.05) is 105 Å². The van der Waals surface area contributed by atoms with Gasteiger partial charge in [-0.25, -0.2) is 10.2 Å². The van der Waals surface area contributed by atoms with Crippen molar-refractivity contribution in [2.45, 2.75) is 0 Å². The zero-order valence-corrected chi connectivity index (χ0v) is 32.2. The molecule has 0 unspecified atom stereocenters. The molecule has 0 bridgehead atoms. The first-order chi connectivity index (χ1) is 20.6. The summed E-state index contributed by atoms with van der Waals surface area (Å²) >= 11 is 38.4. The van der Waals surface area contributed by atoms with Gasteiger partial charge in [-0.15, -0.1) is 25.3 Å². The van der Waals surface area contributed by atoms with E-state index in [-0.39, 0.29) is 0 Å². The van der Waals surface area contributed by atoms with Gasteiger partial charge < -0.3 is 71.0 Å². The second kappa shape index (κ2) is 22.3. The molecule has 0 radical (unpaired) electrons. The van der Waals surface area contributed by atoms with E-state index >= 15 is 0 Å². The van der Waals surface area contributed by atoms with Crippen molar-refractivity contribution >= 4 is 117 Å². The fourth-order valence-corrected chi connectivity index (χ4v) is 6.22. The van der Waals surface area contributed by atoms with E-state index in [0.717, 1.165) is 105 Å². The molecule has 0 aromatic heterocycles. The number of nitrogens with zero attached hydrogens (tertiary/aromatic N) is 8. The Hall–Kier alpha value is 0.668. The molecule has 0 aliphatic carbocycles. The normalized spacial score (nSPS) is 20.1. The van der Waals surface area contributed by atoms with Crippen LogP contribution in [-0.4, -0.2) is 163 Å². The van der Waals surface area contributed by atoms with Crippen LogP contribution in [0.2, 0.25) is 0 Å². The zero-order valence-electron chi connectivity index (χ0n) is 23.5. The molecule has 4 saturated heterocycles. The second-order valence-electron chi connectivity index (χ2n) is 9.14. The van der Waals surface area contributed by atoms with E-state index in [0.29, 0.717) is 17.3 Å². The first-order valence-electron chi connectivity index (χ1n) is 13.5. The van der Waals surface area contributed by atoms with Crippen LogP contribution in [0.25, 0.3) is 0 Å². The molecule has 0 amide bonds. The Morgan fingerprint density at radius 2 is 0.698 bits per heavy atom. The Morgan fingerprint density at radius 3 is 0.860 bits per heavy atom. The second-order valence-corrected chi connectivity index (χ2v) is 13.8. The summed E-state index contributed by atoms with van der Waals surface area (Å²) in [6.45, 7) is 14.0. The summed E-state index contributed by atoms with van der Waals surface area (Å²) in [5, 5.41) is 29.1. The molecule has 0 saturated carbocycles. The van der Waals surface area contributed by atoms with Crippen LogP contribution in [0.15, 0.2) is 0 Å². The zero-order chi connectivity index (χ0) is 31.8. The van der Waals surface area contributed by atoms with Crippen molar-refractivity contribution in [3.05, 3.63) is 0 Å². The molecule has 4 N–H and O–H groups in total. The number of hydrogen-bond acceptors (Lipinski definition) is 16. The predicted octanol–water partition coefficient (Wildman–Crippen LogP) is -1.86. The van der Waals surface area contributed by atoms with E-state index in [9.17, 15) is 0 Å². The minimum atomic E-state index is -2.03. The van der Waals surface area contributed by atoms with Crippen LogP contribution in [0.3, 0.4) is 0 Å². The molecule has 14 nitrogen and oxygen atoms in total. The molecule has 4 rings (SSSR count). The Labute approximate surface area is 305 Å². The SMILES string of the molecule is S=C([S-])N(N1CCNCC1)N(C(=S)S)N1CCNCC1.S=C([S-])N(N1CCNCC1)N(C(=S)S)N1CCNCC1.[O]=[Mo+2]=[O]. The van der Waals surface area contributed by atoms with Crippen LogP contribution >= 0.6 is 74.1 Å². The van der Waals surface area contributed by atoms with Crippen molar-refractivity contribution < 1.29 is 25.3 Å². The van der Waals surface area contributed by atoms with E-state index in [1.807, 2.05) is 20.5 Å². The van der Waals surface area contributed by atoms with Crippen molar-refractivity contribution in [3.63, 3.8) is 0 Å². The molecular weight excluding hydrogens is 793 g/mol. The van der Waals surface area contributed by atoms with Crippen molar-refractivity contribution in [1.82, 2.24) is 61.8 Å². The minimum absolute atomic E-state index is 0.363. The molecule has 244 valence electrons. The van der Waals surface area contributed by atoms with Crippen molar-refractivity contribution in [2.24, 2.45) is 0 Å². The number of thiocarbonyl (C=S) groups is 4. The molecule has 43 heavy (non-hydrogen) atoms. The Morgan fingerprint density at radius 1 is 0.512 bits per heavy atom. The van der Waals surface area contributed by atoms with Crippen LogP contribution in [0, 0.1) is 0 Å². The van der Waals surface area contributed by atoms with Crippen molar-refractivity contribution in [1.29, 1.82) is 0 Å². The maximum absolute atomic E-state index is 8.50. The number of hydrazine groups is 6. The summed E-state index contributed by atoms with van der Waals surface area (Å²) in [6.07, 6.45) is 0. The first-order valence-corrected chi connectivity index (χ1v) is 18.4. The van der Waals surface area contributed by atoms with Crippen LogP contribution in [0.1, 0.15) is 0 Å². The van der Waals surface area contributed by atoms with Gasteiger partial charge in [-0.05, 0) is 33.1 Å². The standard InChI is InChI=1S/2C10H20N6S4.Mo.2O/c2*17-9(18)15(13-5-1-11-2-6-13)16(10(19)20)14-7-3-12-4-8-14;;;/h2*11-12H,1-8H2,(H,17,18)(H,19,20);;;/q;;+2;;/p-2. The Bertz CT molecular complexity index is 811. The van der Waals surface area contributed by atoms with Gasteiger partial charge in [-0.3, -0.25) is 0 Å². The molecule has 4 heterocycles. The van der Waals surface area contributed by atoms with Gasteiger partial charge in [0.2, 0.25) is 0 Å². The summed E-state index contributed by atoms with van der Waals surface area (Å²) in [5.41, 5.74) is 0. The van der Waals surface area contributed by atoms with Gasteiger partial charge in [0.25, 0.3) is 0 Å². The third-order valence-electron chi connectivity index (χ3n) is 6.47. The van der Waals surface area contributed by atoms with Gasteiger partial charge in [0, 0.05) is 105 Å². The van der Waals surface area contributed by atoms with Gasteiger partial charge in [0.05, 0.1) is 0 Å². The molecule has 4 aliphatic heterocycles. The molecule has 23 heteroatoms. The summed E-state index contributed by atoms with van der Waals surface area (Å²) in [7, 11) is 0. The number of piperazine rings is 4. The van der Waals surface area contributed by atoms with E-state index < -0.39 is 18.5 Å². The Kier molecular flexibility index (Phi) is 20.6. The van der Waals surface area contributed by atoms with E-state index in [1.165, 1.54) is 0 Å². The molecule has 0 spiro atoms.